The number of carbonyl (C=O) groups is 2. The van der Waals surface area contributed by atoms with E-state index in [1.54, 1.807) is 21.8 Å². The van der Waals surface area contributed by atoms with Crippen molar-refractivity contribution in [1.29, 1.82) is 0 Å². The molecule has 1 aliphatic carbocycles. The number of hydrogen-bond acceptors (Lipinski definition) is 3. The van der Waals surface area contributed by atoms with Crippen molar-refractivity contribution in [2.75, 3.05) is 18.4 Å². The van der Waals surface area contributed by atoms with E-state index in [4.69, 9.17) is 0 Å². The number of para-hydroxylation sites is 1. The third kappa shape index (κ3) is 2.55. The minimum absolute atomic E-state index is 0.0482. The molecule has 7 heteroatoms. The summed E-state index contributed by atoms with van der Waals surface area (Å²) in [6.45, 7) is 2.76. The molecule has 26 heavy (non-hydrogen) atoms. The number of aryl methyl sites for hydroxylation is 1. The monoisotopic (exact) mass is 354 g/mol. The van der Waals surface area contributed by atoms with Gasteiger partial charge < -0.3 is 10.0 Å². The molecule has 136 valence electrons. The standard InChI is InChI=1S/C19H22N4O3/c1-13-5-2-3-7-15(13)23-16(8-10-20-23)21-18(26)22-11-14-6-4-9-19(14,12-22)17(24)25/h2-3,5,7-8,10,14H,4,6,9,11-12H2,1H3,(H,21,26)(H,24,25)/t14-,19+/m0/s1. The molecule has 2 aromatic rings. The van der Waals surface area contributed by atoms with Crippen LogP contribution in [0.2, 0.25) is 0 Å². The highest BCUT2D eigenvalue weighted by Crippen LogP contribution is 2.48. The Labute approximate surface area is 151 Å². The van der Waals surface area contributed by atoms with Gasteiger partial charge in [-0.05, 0) is 37.3 Å². The van der Waals surface area contributed by atoms with E-state index in [9.17, 15) is 14.7 Å². The quantitative estimate of drug-likeness (QED) is 0.887. The molecule has 7 nitrogen and oxygen atoms in total. The minimum atomic E-state index is -0.778. The van der Waals surface area contributed by atoms with E-state index < -0.39 is 11.4 Å². The third-order valence-corrected chi connectivity index (χ3v) is 5.81. The Kier molecular flexibility index (Phi) is 3.94. The topological polar surface area (TPSA) is 87.5 Å². The SMILES string of the molecule is Cc1ccccc1-n1nccc1NC(=O)N1C[C@@H]2CCC[C@@]2(C(=O)O)C1. The molecule has 4 rings (SSSR count). The van der Waals surface area contributed by atoms with Gasteiger partial charge in [-0.15, -0.1) is 0 Å². The summed E-state index contributed by atoms with van der Waals surface area (Å²) in [7, 11) is 0. The number of anilines is 1. The Balaban J connectivity index is 1.53. The van der Waals surface area contributed by atoms with Crippen molar-refractivity contribution in [3.8, 4) is 5.69 Å². The lowest BCUT2D eigenvalue weighted by Crippen LogP contribution is -2.39. The molecule has 1 aliphatic heterocycles. The number of carbonyl (C=O) groups excluding carboxylic acids is 1. The molecular weight excluding hydrogens is 332 g/mol. The van der Waals surface area contributed by atoms with Crippen LogP contribution in [0.5, 0.6) is 0 Å². The average Bonchev–Trinajstić information content (AvgIpc) is 3.29. The minimum Gasteiger partial charge on any atom is -0.481 e. The predicted octanol–water partition coefficient (Wildman–Crippen LogP) is 2.90. The van der Waals surface area contributed by atoms with Crippen LogP contribution in [0.3, 0.4) is 0 Å². The summed E-state index contributed by atoms with van der Waals surface area (Å²) in [5.41, 5.74) is 1.17. The van der Waals surface area contributed by atoms with Gasteiger partial charge in [0.2, 0.25) is 0 Å². The van der Waals surface area contributed by atoms with Crippen LogP contribution >= 0.6 is 0 Å². The first kappa shape index (κ1) is 16.6. The Bertz CT molecular complexity index is 862. The number of likely N-dealkylation sites (tertiary alicyclic amines) is 1. The fourth-order valence-corrected chi connectivity index (χ4v) is 4.37. The zero-order valence-electron chi connectivity index (χ0n) is 14.7. The third-order valence-electron chi connectivity index (χ3n) is 5.81. The van der Waals surface area contributed by atoms with E-state index in [-0.39, 0.29) is 18.5 Å². The van der Waals surface area contributed by atoms with E-state index in [1.165, 1.54) is 0 Å². The maximum absolute atomic E-state index is 12.8. The van der Waals surface area contributed by atoms with Crippen LogP contribution in [0.1, 0.15) is 24.8 Å². The van der Waals surface area contributed by atoms with E-state index in [0.29, 0.717) is 18.8 Å². The second-order valence-corrected chi connectivity index (χ2v) is 7.28. The van der Waals surface area contributed by atoms with Gasteiger partial charge in [-0.1, -0.05) is 24.6 Å². The van der Waals surface area contributed by atoms with Crippen LogP contribution in [-0.4, -0.2) is 44.9 Å². The van der Waals surface area contributed by atoms with Gasteiger partial charge in [0.05, 0.1) is 17.3 Å². The second kappa shape index (κ2) is 6.16. The first-order valence-electron chi connectivity index (χ1n) is 8.90. The van der Waals surface area contributed by atoms with Crippen LogP contribution in [0.25, 0.3) is 5.69 Å². The van der Waals surface area contributed by atoms with Crippen molar-refractivity contribution in [2.45, 2.75) is 26.2 Å². The largest absolute Gasteiger partial charge is 0.481 e. The fraction of sp³-hybridized carbons (Fsp3) is 0.421. The van der Waals surface area contributed by atoms with E-state index in [2.05, 4.69) is 10.4 Å². The van der Waals surface area contributed by atoms with Crippen molar-refractivity contribution in [3.05, 3.63) is 42.1 Å². The lowest BCUT2D eigenvalue weighted by atomic mass is 9.81. The molecule has 0 bridgehead atoms. The number of urea groups is 1. The normalized spacial score (nSPS) is 24.5. The number of nitrogens with zero attached hydrogens (tertiary/aromatic N) is 3. The number of carboxylic acids is 1. The number of aliphatic carboxylic acids is 1. The molecule has 1 saturated carbocycles. The van der Waals surface area contributed by atoms with Gasteiger partial charge in [0.15, 0.2) is 0 Å². The fourth-order valence-electron chi connectivity index (χ4n) is 4.37. The molecular formula is C19H22N4O3. The molecule has 1 aromatic carbocycles. The smallest absolute Gasteiger partial charge is 0.323 e. The van der Waals surface area contributed by atoms with Gasteiger partial charge in [-0.2, -0.15) is 5.10 Å². The Morgan fingerprint density at radius 3 is 2.85 bits per heavy atom. The summed E-state index contributed by atoms with van der Waals surface area (Å²) >= 11 is 0. The summed E-state index contributed by atoms with van der Waals surface area (Å²) in [5.74, 6) is -0.155. The summed E-state index contributed by atoms with van der Waals surface area (Å²) in [6.07, 6.45) is 4.08. The Hall–Kier alpha value is -2.83. The van der Waals surface area contributed by atoms with Gasteiger partial charge in [0.25, 0.3) is 0 Å². The number of nitrogens with one attached hydrogen (secondary N) is 1. The van der Waals surface area contributed by atoms with Gasteiger partial charge in [-0.3, -0.25) is 10.1 Å². The molecule has 2 amide bonds. The number of hydrogen-bond donors (Lipinski definition) is 2. The first-order chi connectivity index (χ1) is 12.5. The zero-order valence-corrected chi connectivity index (χ0v) is 14.7. The zero-order chi connectivity index (χ0) is 18.3. The van der Waals surface area contributed by atoms with Crippen LogP contribution in [0, 0.1) is 18.3 Å². The number of benzene rings is 1. The molecule has 1 aromatic heterocycles. The number of fused-ring (bicyclic) bond motifs is 1. The maximum Gasteiger partial charge on any atom is 0.323 e. The molecule has 0 unspecified atom stereocenters. The molecule has 2 atom stereocenters. The molecule has 2 N–H and O–H groups in total. The summed E-state index contributed by atoms with van der Waals surface area (Å²) in [6, 6.07) is 9.28. The maximum atomic E-state index is 12.8. The van der Waals surface area contributed by atoms with Crippen molar-refractivity contribution < 1.29 is 14.7 Å². The van der Waals surface area contributed by atoms with Crippen molar-refractivity contribution in [3.63, 3.8) is 0 Å². The average molecular weight is 354 g/mol. The molecule has 1 saturated heterocycles. The van der Waals surface area contributed by atoms with Gasteiger partial charge in [0.1, 0.15) is 5.82 Å². The number of amides is 2. The van der Waals surface area contributed by atoms with Crippen LogP contribution < -0.4 is 5.32 Å². The van der Waals surface area contributed by atoms with Crippen molar-refractivity contribution >= 4 is 17.8 Å². The molecule has 2 fully saturated rings. The molecule has 0 radical (unpaired) electrons. The van der Waals surface area contributed by atoms with E-state index in [1.807, 2.05) is 31.2 Å². The van der Waals surface area contributed by atoms with E-state index in [0.717, 1.165) is 24.1 Å². The highest BCUT2D eigenvalue weighted by Gasteiger charge is 2.55. The summed E-state index contributed by atoms with van der Waals surface area (Å²) in [4.78, 5) is 26.2. The van der Waals surface area contributed by atoms with Gasteiger partial charge >= 0.3 is 12.0 Å². The first-order valence-corrected chi connectivity index (χ1v) is 8.90. The van der Waals surface area contributed by atoms with Crippen LogP contribution in [0.15, 0.2) is 36.5 Å². The molecule has 2 aliphatic rings. The second-order valence-electron chi connectivity index (χ2n) is 7.28. The Morgan fingerprint density at radius 1 is 1.31 bits per heavy atom. The van der Waals surface area contributed by atoms with Gasteiger partial charge in [-0.25, -0.2) is 9.48 Å². The summed E-state index contributed by atoms with van der Waals surface area (Å²) < 4.78 is 1.69. The van der Waals surface area contributed by atoms with Crippen molar-refractivity contribution in [1.82, 2.24) is 14.7 Å². The van der Waals surface area contributed by atoms with Crippen LogP contribution in [-0.2, 0) is 4.79 Å². The van der Waals surface area contributed by atoms with Crippen LogP contribution in [0.4, 0.5) is 10.6 Å². The molecule has 0 spiro atoms. The summed E-state index contributed by atoms with van der Waals surface area (Å²) in [5, 5.41) is 16.9. The number of aromatic nitrogens is 2. The lowest BCUT2D eigenvalue weighted by molar-refractivity contribution is -0.149. The predicted molar refractivity (Wildman–Crippen MR) is 96.3 cm³/mol. The van der Waals surface area contributed by atoms with E-state index >= 15 is 0 Å². The van der Waals surface area contributed by atoms with Gasteiger partial charge in [0, 0.05) is 19.2 Å². The Morgan fingerprint density at radius 2 is 2.12 bits per heavy atom. The van der Waals surface area contributed by atoms with Crippen molar-refractivity contribution in [2.24, 2.45) is 11.3 Å². The highest BCUT2D eigenvalue weighted by atomic mass is 16.4. The number of carboxylic acid groups (broad SMARTS) is 1. The number of rotatable bonds is 3. The highest BCUT2D eigenvalue weighted by molar-refractivity contribution is 5.90. The molecule has 2 heterocycles. The lowest BCUT2D eigenvalue weighted by Gasteiger charge is -2.23.